The number of phenols is 5. The number of aromatic hydroxyl groups is 5. The van der Waals surface area contributed by atoms with E-state index in [9.17, 15) is 30.3 Å². The zero-order valence-corrected chi connectivity index (χ0v) is 18.2. The molecule has 0 aromatic heterocycles. The lowest BCUT2D eigenvalue weighted by atomic mass is 9.94. The minimum atomic E-state index is -0.928. The molecule has 0 fully saturated rings. The minimum absolute atomic E-state index is 0.00602. The van der Waals surface area contributed by atoms with Crippen LogP contribution in [0, 0.1) is 0 Å². The lowest BCUT2D eigenvalue weighted by Gasteiger charge is -2.34. The summed E-state index contributed by atoms with van der Waals surface area (Å²) in [5.74, 6) is -2.91. The smallest absolute Gasteiger partial charge is 0.338 e. The number of carbonyl (C=O) groups is 1. The number of carbonyl (C=O) groups excluding carboxylic acids is 1. The topological polar surface area (TPSA) is 155 Å². The number of methoxy groups -OCH3 is 2. The lowest BCUT2D eigenvalue weighted by molar-refractivity contribution is -0.0184. The van der Waals surface area contributed by atoms with E-state index in [2.05, 4.69) is 0 Å². The summed E-state index contributed by atoms with van der Waals surface area (Å²) < 4.78 is 22.2. The normalized spacial score (nSPS) is 16.8. The van der Waals surface area contributed by atoms with Crippen molar-refractivity contribution in [1.29, 1.82) is 0 Å². The van der Waals surface area contributed by atoms with Crippen molar-refractivity contribution in [3.05, 3.63) is 59.2 Å². The molecule has 1 aliphatic heterocycles. The molecule has 0 aliphatic carbocycles. The third kappa shape index (κ3) is 4.13. The number of rotatable bonds is 5. The fourth-order valence-electron chi connectivity index (χ4n) is 3.72. The van der Waals surface area contributed by atoms with Crippen LogP contribution in [-0.2, 0) is 11.2 Å². The van der Waals surface area contributed by atoms with Gasteiger partial charge in [-0.3, -0.25) is 0 Å². The van der Waals surface area contributed by atoms with Crippen molar-refractivity contribution >= 4 is 5.97 Å². The number of phenolic OH excluding ortho intramolecular Hbond substituents is 5. The molecule has 5 N–H and O–H groups in total. The molecular weight excluding hydrogens is 448 g/mol. The zero-order valence-electron chi connectivity index (χ0n) is 18.2. The third-order valence-corrected chi connectivity index (χ3v) is 5.48. The van der Waals surface area contributed by atoms with E-state index in [1.165, 1.54) is 26.4 Å². The van der Waals surface area contributed by atoms with E-state index in [1.54, 1.807) is 18.2 Å². The Labute approximate surface area is 193 Å². The van der Waals surface area contributed by atoms with Crippen LogP contribution in [0.2, 0.25) is 0 Å². The molecule has 2 atom stereocenters. The lowest BCUT2D eigenvalue weighted by Crippen LogP contribution is -2.34. The molecule has 2 unspecified atom stereocenters. The molecular formula is C24H22O10. The van der Waals surface area contributed by atoms with E-state index in [0.717, 1.165) is 17.7 Å². The second-order valence-electron chi connectivity index (χ2n) is 7.61. The third-order valence-electron chi connectivity index (χ3n) is 5.48. The molecule has 3 aromatic carbocycles. The number of hydrogen-bond acceptors (Lipinski definition) is 10. The Morgan fingerprint density at radius 2 is 1.56 bits per heavy atom. The van der Waals surface area contributed by atoms with Crippen LogP contribution in [-0.4, -0.2) is 51.8 Å². The summed E-state index contributed by atoms with van der Waals surface area (Å²) in [6, 6.07) is 9.81. The average molecular weight is 470 g/mol. The van der Waals surface area contributed by atoms with Crippen LogP contribution in [0.25, 0.3) is 0 Å². The number of benzene rings is 3. The predicted octanol–water partition coefficient (Wildman–Crippen LogP) is 3.13. The summed E-state index contributed by atoms with van der Waals surface area (Å²) in [7, 11) is 2.83. The summed E-state index contributed by atoms with van der Waals surface area (Å²) in [6.07, 6.45) is -1.63. The van der Waals surface area contributed by atoms with Crippen LogP contribution < -0.4 is 14.2 Å². The van der Waals surface area contributed by atoms with E-state index in [0.29, 0.717) is 17.1 Å². The maximum absolute atomic E-state index is 12.8. The Kier molecular flexibility index (Phi) is 5.89. The molecule has 1 aliphatic rings. The van der Waals surface area contributed by atoms with Gasteiger partial charge in [0.15, 0.2) is 34.9 Å². The first kappa shape index (κ1) is 22.7. The zero-order chi connectivity index (χ0) is 24.6. The van der Waals surface area contributed by atoms with Crippen LogP contribution >= 0.6 is 0 Å². The summed E-state index contributed by atoms with van der Waals surface area (Å²) in [6.45, 7) is 0. The van der Waals surface area contributed by atoms with E-state index in [1.807, 2.05) is 0 Å². The van der Waals surface area contributed by atoms with Crippen molar-refractivity contribution in [2.45, 2.75) is 18.6 Å². The van der Waals surface area contributed by atoms with Gasteiger partial charge in [-0.1, -0.05) is 6.07 Å². The molecule has 0 spiro atoms. The van der Waals surface area contributed by atoms with Crippen molar-refractivity contribution in [3.63, 3.8) is 0 Å². The van der Waals surface area contributed by atoms with E-state index >= 15 is 0 Å². The number of ether oxygens (including phenoxy) is 4. The molecule has 178 valence electrons. The van der Waals surface area contributed by atoms with Crippen LogP contribution in [0.15, 0.2) is 42.5 Å². The molecule has 0 radical (unpaired) electrons. The largest absolute Gasteiger partial charge is 0.504 e. The van der Waals surface area contributed by atoms with Gasteiger partial charge in [0.25, 0.3) is 0 Å². The highest BCUT2D eigenvalue weighted by molar-refractivity contribution is 5.91. The number of fused-ring (bicyclic) bond motifs is 1. The molecule has 10 heteroatoms. The summed E-state index contributed by atoms with van der Waals surface area (Å²) >= 11 is 0. The molecule has 0 saturated carbocycles. The van der Waals surface area contributed by atoms with Gasteiger partial charge in [-0.25, -0.2) is 4.79 Å². The molecule has 0 saturated heterocycles. The molecule has 3 aromatic rings. The maximum atomic E-state index is 12.8. The average Bonchev–Trinajstić information content (AvgIpc) is 2.83. The first-order valence-corrected chi connectivity index (χ1v) is 10.1. The fourth-order valence-corrected chi connectivity index (χ4v) is 3.72. The Morgan fingerprint density at radius 1 is 0.882 bits per heavy atom. The molecule has 1 heterocycles. The van der Waals surface area contributed by atoms with Gasteiger partial charge >= 0.3 is 5.97 Å². The second kappa shape index (κ2) is 8.81. The van der Waals surface area contributed by atoms with Gasteiger partial charge < -0.3 is 44.5 Å². The summed E-state index contributed by atoms with van der Waals surface area (Å²) in [5, 5.41) is 49.2. The molecule has 0 amide bonds. The predicted molar refractivity (Wildman–Crippen MR) is 117 cm³/mol. The van der Waals surface area contributed by atoms with Gasteiger partial charge in [0.2, 0.25) is 5.75 Å². The monoisotopic (exact) mass is 470 g/mol. The highest BCUT2D eigenvalue weighted by Gasteiger charge is 2.36. The van der Waals surface area contributed by atoms with Gasteiger partial charge in [-0.05, 0) is 35.9 Å². The number of esters is 1. The highest BCUT2D eigenvalue weighted by Crippen LogP contribution is 2.44. The van der Waals surface area contributed by atoms with E-state index in [4.69, 9.17) is 18.9 Å². The van der Waals surface area contributed by atoms with Crippen LogP contribution in [0.4, 0.5) is 0 Å². The van der Waals surface area contributed by atoms with Gasteiger partial charge in [-0.15, -0.1) is 0 Å². The van der Waals surface area contributed by atoms with E-state index in [-0.39, 0.29) is 17.7 Å². The van der Waals surface area contributed by atoms with Gasteiger partial charge in [0, 0.05) is 18.1 Å². The van der Waals surface area contributed by atoms with Crippen molar-refractivity contribution in [1.82, 2.24) is 0 Å². The molecule has 0 bridgehead atoms. The number of hydrogen-bond donors (Lipinski definition) is 5. The van der Waals surface area contributed by atoms with Crippen LogP contribution in [0.5, 0.6) is 46.0 Å². The van der Waals surface area contributed by atoms with Gasteiger partial charge in [0.05, 0.1) is 19.8 Å². The van der Waals surface area contributed by atoms with E-state index < -0.39 is 46.9 Å². The molecule has 34 heavy (non-hydrogen) atoms. The van der Waals surface area contributed by atoms with Crippen molar-refractivity contribution in [2.75, 3.05) is 14.2 Å². The quantitative estimate of drug-likeness (QED) is 0.277. The Balaban J connectivity index is 1.73. The standard InChI is InChI=1S/C24H22O10/c1-31-14-4-3-11-8-20(34-24(30)13-6-15(25)21(28)16(26)7-13)23(33-18(11)10-14)12-5-17(27)22(29)19(9-12)32-2/h3-7,9-10,20,23,25-29H,8H2,1-2H3. The van der Waals surface area contributed by atoms with Gasteiger partial charge in [0.1, 0.15) is 17.6 Å². The van der Waals surface area contributed by atoms with Crippen molar-refractivity contribution < 1.29 is 49.3 Å². The summed E-state index contributed by atoms with van der Waals surface area (Å²) in [4.78, 5) is 12.8. The first-order chi connectivity index (χ1) is 16.2. The Hall–Kier alpha value is -4.47. The Morgan fingerprint density at radius 3 is 2.21 bits per heavy atom. The van der Waals surface area contributed by atoms with Gasteiger partial charge in [-0.2, -0.15) is 0 Å². The van der Waals surface area contributed by atoms with Crippen molar-refractivity contribution in [2.24, 2.45) is 0 Å². The minimum Gasteiger partial charge on any atom is -0.504 e. The molecule has 10 nitrogen and oxygen atoms in total. The maximum Gasteiger partial charge on any atom is 0.338 e. The summed E-state index contributed by atoms with van der Waals surface area (Å²) in [5.41, 5.74) is 0.884. The van der Waals surface area contributed by atoms with Crippen LogP contribution in [0.1, 0.15) is 27.6 Å². The molecule has 4 rings (SSSR count). The highest BCUT2D eigenvalue weighted by atomic mass is 16.6. The van der Waals surface area contributed by atoms with Crippen molar-refractivity contribution in [3.8, 4) is 46.0 Å². The fraction of sp³-hybridized carbons (Fsp3) is 0.208. The second-order valence-corrected chi connectivity index (χ2v) is 7.61. The first-order valence-electron chi connectivity index (χ1n) is 10.1. The van der Waals surface area contributed by atoms with Crippen LogP contribution in [0.3, 0.4) is 0 Å². The Bertz CT molecular complexity index is 1230. The SMILES string of the molecule is COc1ccc2c(c1)OC(c1cc(O)c(O)c(OC)c1)C(OC(=O)c1cc(O)c(O)c(O)c1)C2.